The molecule has 5 heteroatoms. The molecule has 1 aromatic rings. The van der Waals surface area contributed by atoms with Gasteiger partial charge in [0.15, 0.2) is 0 Å². The zero-order valence-corrected chi connectivity index (χ0v) is 10.9. The van der Waals surface area contributed by atoms with Gasteiger partial charge < -0.3 is 5.32 Å². The first-order chi connectivity index (χ1) is 8.28. The molecule has 0 bridgehead atoms. The van der Waals surface area contributed by atoms with Gasteiger partial charge in [-0.2, -0.15) is 0 Å². The van der Waals surface area contributed by atoms with Crippen molar-refractivity contribution in [3.05, 3.63) is 11.9 Å². The third-order valence-corrected chi connectivity index (χ3v) is 3.22. The zero-order valence-electron chi connectivity index (χ0n) is 10.9. The summed E-state index contributed by atoms with van der Waals surface area (Å²) in [6.45, 7) is 6.58. The van der Waals surface area contributed by atoms with Crippen molar-refractivity contribution in [2.75, 3.05) is 19.6 Å². The minimum atomic E-state index is 0.665. The van der Waals surface area contributed by atoms with E-state index < -0.39 is 0 Å². The Labute approximate surface area is 103 Å². The fourth-order valence-electron chi connectivity index (χ4n) is 2.47. The molecule has 1 N–H and O–H groups in total. The van der Waals surface area contributed by atoms with Gasteiger partial charge in [0.05, 0.1) is 5.69 Å². The summed E-state index contributed by atoms with van der Waals surface area (Å²) in [5, 5.41) is 11.7. The van der Waals surface area contributed by atoms with Crippen LogP contribution in [0.1, 0.15) is 31.9 Å². The van der Waals surface area contributed by atoms with E-state index in [2.05, 4.69) is 27.5 Å². The van der Waals surface area contributed by atoms with Crippen LogP contribution in [-0.2, 0) is 13.6 Å². The van der Waals surface area contributed by atoms with Crippen LogP contribution in [-0.4, -0.2) is 45.6 Å². The fraction of sp³-hybridized carbons (Fsp3) is 0.833. The molecular formula is C12H23N5. The second-order valence-electron chi connectivity index (χ2n) is 4.91. The zero-order chi connectivity index (χ0) is 12.1. The summed E-state index contributed by atoms with van der Waals surface area (Å²) in [6.07, 6.45) is 5.81. The van der Waals surface area contributed by atoms with Gasteiger partial charge in [0.1, 0.15) is 0 Å². The SMILES string of the molecule is CCCN(Cc1cn(C)nn1)CC1CCCN1. The number of aryl methyl sites for hydroxylation is 1. The maximum atomic E-state index is 4.16. The monoisotopic (exact) mass is 237 g/mol. The second kappa shape index (κ2) is 6.12. The largest absolute Gasteiger partial charge is 0.313 e. The van der Waals surface area contributed by atoms with Crippen molar-refractivity contribution in [3.63, 3.8) is 0 Å². The van der Waals surface area contributed by atoms with E-state index in [1.165, 1.54) is 25.8 Å². The van der Waals surface area contributed by atoms with E-state index >= 15 is 0 Å². The van der Waals surface area contributed by atoms with Crippen molar-refractivity contribution in [1.29, 1.82) is 0 Å². The Morgan fingerprint density at radius 1 is 1.59 bits per heavy atom. The summed E-state index contributed by atoms with van der Waals surface area (Å²) in [4.78, 5) is 2.48. The molecule has 96 valence electrons. The summed E-state index contributed by atoms with van der Waals surface area (Å²) in [5.74, 6) is 0. The van der Waals surface area contributed by atoms with Crippen LogP contribution in [0, 0.1) is 0 Å². The van der Waals surface area contributed by atoms with Crippen molar-refractivity contribution >= 4 is 0 Å². The van der Waals surface area contributed by atoms with Crippen molar-refractivity contribution in [2.45, 2.75) is 38.8 Å². The lowest BCUT2D eigenvalue weighted by atomic mass is 10.2. The molecule has 1 fully saturated rings. The molecule has 0 aromatic carbocycles. The van der Waals surface area contributed by atoms with Gasteiger partial charge >= 0.3 is 0 Å². The lowest BCUT2D eigenvalue weighted by Gasteiger charge is -2.24. The van der Waals surface area contributed by atoms with E-state index in [0.717, 1.165) is 25.3 Å². The Hall–Kier alpha value is -0.940. The van der Waals surface area contributed by atoms with Crippen LogP contribution in [0.4, 0.5) is 0 Å². The van der Waals surface area contributed by atoms with Crippen molar-refractivity contribution in [1.82, 2.24) is 25.2 Å². The maximum Gasteiger partial charge on any atom is 0.0967 e. The van der Waals surface area contributed by atoms with Crippen LogP contribution in [0.25, 0.3) is 0 Å². The molecule has 0 aliphatic carbocycles. The highest BCUT2D eigenvalue weighted by atomic mass is 15.4. The molecule has 0 spiro atoms. The first-order valence-electron chi connectivity index (χ1n) is 6.59. The molecule has 2 heterocycles. The third-order valence-electron chi connectivity index (χ3n) is 3.22. The van der Waals surface area contributed by atoms with Crippen LogP contribution >= 0.6 is 0 Å². The van der Waals surface area contributed by atoms with E-state index in [0.29, 0.717) is 6.04 Å². The molecule has 5 nitrogen and oxygen atoms in total. The number of nitrogens with one attached hydrogen (secondary N) is 1. The quantitative estimate of drug-likeness (QED) is 0.794. The average molecular weight is 237 g/mol. The van der Waals surface area contributed by atoms with Gasteiger partial charge in [0.2, 0.25) is 0 Å². The first-order valence-corrected chi connectivity index (χ1v) is 6.59. The van der Waals surface area contributed by atoms with E-state index in [9.17, 15) is 0 Å². The molecular weight excluding hydrogens is 214 g/mol. The topological polar surface area (TPSA) is 46.0 Å². The average Bonchev–Trinajstić information content (AvgIpc) is 2.91. The number of aromatic nitrogens is 3. The Balaban J connectivity index is 1.87. The number of hydrogen-bond donors (Lipinski definition) is 1. The number of hydrogen-bond acceptors (Lipinski definition) is 4. The van der Waals surface area contributed by atoms with E-state index in [1.807, 2.05) is 13.2 Å². The van der Waals surface area contributed by atoms with Crippen LogP contribution in [0.3, 0.4) is 0 Å². The third kappa shape index (κ3) is 3.78. The highest BCUT2D eigenvalue weighted by molar-refractivity contribution is 4.92. The molecule has 1 aliphatic rings. The van der Waals surface area contributed by atoms with Crippen molar-refractivity contribution in [3.8, 4) is 0 Å². The lowest BCUT2D eigenvalue weighted by molar-refractivity contribution is 0.239. The highest BCUT2D eigenvalue weighted by Gasteiger charge is 2.18. The van der Waals surface area contributed by atoms with Crippen LogP contribution < -0.4 is 5.32 Å². The summed E-state index contributed by atoms with van der Waals surface area (Å²) in [7, 11) is 1.92. The minimum Gasteiger partial charge on any atom is -0.313 e. The molecule has 0 saturated carbocycles. The van der Waals surface area contributed by atoms with Crippen molar-refractivity contribution in [2.24, 2.45) is 7.05 Å². The molecule has 0 radical (unpaired) electrons. The smallest absolute Gasteiger partial charge is 0.0967 e. The Kier molecular flexibility index (Phi) is 4.50. The van der Waals surface area contributed by atoms with E-state index in [4.69, 9.17) is 0 Å². The molecule has 1 atom stereocenters. The predicted octanol–water partition coefficient (Wildman–Crippen LogP) is 0.779. The number of nitrogens with zero attached hydrogens (tertiary/aromatic N) is 4. The molecule has 1 saturated heterocycles. The van der Waals surface area contributed by atoms with Crippen LogP contribution in [0.5, 0.6) is 0 Å². The van der Waals surface area contributed by atoms with Gasteiger partial charge in [-0.25, -0.2) is 0 Å². The predicted molar refractivity (Wildman–Crippen MR) is 67.6 cm³/mol. The highest BCUT2D eigenvalue weighted by Crippen LogP contribution is 2.09. The van der Waals surface area contributed by atoms with E-state index in [-0.39, 0.29) is 0 Å². The van der Waals surface area contributed by atoms with Gasteiger partial charge in [-0.3, -0.25) is 9.58 Å². The maximum absolute atomic E-state index is 4.16. The minimum absolute atomic E-state index is 0.665. The van der Waals surface area contributed by atoms with Gasteiger partial charge in [0.25, 0.3) is 0 Å². The molecule has 0 amide bonds. The summed E-state index contributed by atoms with van der Waals surface area (Å²) >= 11 is 0. The van der Waals surface area contributed by atoms with Crippen molar-refractivity contribution < 1.29 is 0 Å². The number of rotatable bonds is 6. The summed E-state index contributed by atoms with van der Waals surface area (Å²) < 4.78 is 1.77. The second-order valence-corrected chi connectivity index (χ2v) is 4.91. The van der Waals surface area contributed by atoms with Gasteiger partial charge in [-0.15, -0.1) is 5.10 Å². The van der Waals surface area contributed by atoms with E-state index in [1.54, 1.807) is 4.68 Å². The van der Waals surface area contributed by atoms with Crippen LogP contribution in [0.15, 0.2) is 6.20 Å². The molecule has 17 heavy (non-hydrogen) atoms. The Morgan fingerprint density at radius 3 is 3.06 bits per heavy atom. The van der Waals surface area contributed by atoms with Gasteiger partial charge in [0, 0.05) is 32.4 Å². The standard InChI is InChI=1S/C12H23N5/c1-3-7-17(9-11-5-4-6-13-11)10-12-8-16(2)15-14-12/h8,11,13H,3-7,9-10H2,1-2H3. The first kappa shape index (κ1) is 12.5. The Bertz CT molecular complexity index is 329. The van der Waals surface area contributed by atoms with Gasteiger partial charge in [-0.05, 0) is 32.4 Å². The molecule has 2 rings (SSSR count). The lowest BCUT2D eigenvalue weighted by Crippen LogP contribution is -2.37. The Morgan fingerprint density at radius 2 is 2.47 bits per heavy atom. The van der Waals surface area contributed by atoms with Gasteiger partial charge in [-0.1, -0.05) is 12.1 Å². The molecule has 1 aliphatic heterocycles. The normalized spacial score (nSPS) is 20.3. The summed E-state index contributed by atoms with van der Waals surface area (Å²) in [5.41, 5.74) is 1.07. The molecule has 1 unspecified atom stereocenters. The molecule has 1 aromatic heterocycles. The van der Waals surface area contributed by atoms with Crippen LogP contribution in [0.2, 0.25) is 0 Å². The fourth-order valence-corrected chi connectivity index (χ4v) is 2.47. The summed E-state index contributed by atoms with van der Waals surface area (Å²) in [6, 6.07) is 0.665.